The molecule has 1 aliphatic rings. The zero-order valence-electron chi connectivity index (χ0n) is 14.7. The first kappa shape index (κ1) is 17.0. The molecule has 0 radical (unpaired) electrons. The molecule has 2 amide bonds. The lowest BCUT2D eigenvalue weighted by molar-refractivity contribution is 0.0532. The van der Waals surface area contributed by atoms with Crippen molar-refractivity contribution in [2.75, 3.05) is 26.2 Å². The molecule has 1 aliphatic heterocycles. The van der Waals surface area contributed by atoms with E-state index in [9.17, 15) is 9.59 Å². The average Bonchev–Trinajstić information content (AvgIpc) is 3.40. The van der Waals surface area contributed by atoms with Gasteiger partial charge in [0.2, 0.25) is 0 Å². The molecule has 138 valence electrons. The zero-order valence-corrected chi connectivity index (χ0v) is 14.7. The van der Waals surface area contributed by atoms with Gasteiger partial charge in [-0.1, -0.05) is 35.5 Å². The number of hydrogen-bond donors (Lipinski definition) is 0. The molecule has 2 aromatic heterocycles. The van der Waals surface area contributed by atoms with Crippen molar-refractivity contribution in [3.63, 3.8) is 0 Å². The largest absolute Gasteiger partial charge is 0.472 e. The van der Waals surface area contributed by atoms with Crippen LogP contribution in [-0.2, 0) is 6.54 Å². The van der Waals surface area contributed by atoms with E-state index in [0.29, 0.717) is 44.0 Å². The van der Waals surface area contributed by atoms with Gasteiger partial charge in [-0.15, -0.1) is 5.10 Å². The lowest BCUT2D eigenvalue weighted by atomic mass is 10.2. The van der Waals surface area contributed by atoms with Gasteiger partial charge >= 0.3 is 0 Å². The SMILES string of the molecule is O=C(c1ccoc1)N1CCN(C(=O)c2cn(Cc3ccccc3)nn2)CC1. The van der Waals surface area contributed by atoms with Crippen LogP contribution >= 0.6 is 0 Å². The van der Waals surface area contributed by atoms with Crippen molar-refractivity contribution in [1.29, 1.82) is 0 Å². The molecule has 1 aromatic carbocycles. The van der Waals surface area contributed by atoms with Crippen LogP contribution in [0.15, 0.2) is 59.5 Å². The summed E-state index contributed by atoms with van der Waals surface area (Å²) in [6.45, 7) is 2.46. The molecule has 8 nitrogen and oxygen atoms in total. The van der Waals surface area contributed by atoms with E-state index in [4.69, 9.17) is 4.42 Å². The maximum Gasteiger partial charge on any atom is 0.276 e. The summed E-state index contributed by atoms with van der Waals surface area (Å²) in [5.74, 6) is -0.241. The Morgan fingerprint density at radius 1 is 0.963 bits per heavy atom. The number of carbonyl (C=O) groups excluding carboxylic acids is 2. The Morgan fingerprint density at radius 2 is 1.67 bits per heavy atom. The summed E-state index contributed by atoms with van der Waals surface area (Å²) in [5.41, 5.74) is 1.94. The monoisotopic (exact) mass is 365 g/mol. The molecule has 8 heteroatoms. The first-order chi connectivity index (χ1) is 13.2. The maximum absolute atomic E-state index is 12.7. The summed E-state index contributed by atoms with van der Waals surface area (Å²) in [5, 5.41) is 8.06. The summed E-state index contributed by atoms with van der Waals surface area (Å²) in [7, 11) is 0. The molecule has 0 spiro atoms. The minimum absolute atomic E-state index is 0.0790. The summed E-state index contributed by atoms with van der Waals surface area (Å²) in [4.78, 5) is 28.4. The Bertz CT molecular complexity index is 912. The summed E-state index contributed by atoms with van der Waals surface area (Å²) in [6, 6.07) is 11.5. The second-order valence-corrected chi connectivity index (χ2v) is 6.38. The highest BCUT2D eigenvalue weighted by Crippen LogP contribution is 2.11. The highest BCUT2D eigenvalue weighted by atomic mass is 16.3. The maximum atomic E-state index is 12.7. The van der Waals surface area contributed by atoms with Crippen LogP contribution in [0, 0.1) is 0 Å². The highest BCUT2D eigenvalue weighted by molar-refractivity contribution is 5.94. The Balaban J connectivity index is 1.35. The average molecular weight is 365 g/mol. The number of furan rings is 1. The van der Waals surface area contributed by atoms with E-state index < -0.39 is 0 Å². The molecule has 0 N–H and O–H groups in total. The lowest BCUT2D eigenvalue weighted by Gasteiger charge is -2.34. The summed E-state index contributed by atoms with van der Waals surface area (Å²) < 4.78 is 6.61. The fourth-order valence-electron chi connectivity index (χ4n) is 3.09. The molecule has 0 atom stereocenters. The Kier molecular flexibility index (Phi) is 4.69. The predicted molar refractivity (Wildman–Crippen MR) is 96.1 cm³/mol. The van der Waals surface area contributed by atoms with Crippen molar-refractivity contribution >= 4 is 11.8 Å². The molecule has 27 heavy (non-hydrogen) atoms. The summed E-state index contributed by atoms with van der Waals surface area (Å²) >= 11 is 0. The quantitative estimate of drug-likeness (QED) is 0.700. The number of aromatic nitrogens is 3. The van der Waals surface area contributed by atoms with Crippen LogP contribution in [0.4, 0.5) is 0 Å². The van der Waals surface area contributed by atoms with E-state index in [1.54, 1.807) is 26.7 Å². The third-order valence-electron chi connectivity index (χ3n) is 4.57. The first-order valence-corrected chi connectivity index (χ1v) is 8.75. The molecular formula is C19H19N5O3. The molecule has 0 bridgehead atoms. The van der Waals surface area contributed by atoms with Gasteiger partial charge in [0.1, 0.15) is 6.26 Å². The van der Waals surface area contributed by atoms with E-state index in [2.05, 4.69) is 10.3 Å². The number of rotatable bonds is 4. The Morgan fingerprint density at radius 3 is 2.33 bits per heavy atom. The molecule has 3 aromatic rings. The fourth-order valence-corrected chi connectivity index (χ4v) is 3.09. The standard InChI is InChI=1S/C19H19N5O3/c25-18(16-6-11-27-14-16)22-7-9-23(10-8-22)19(26)17-13-24(21-20-17)12-15-4-2-1-3-5-15/h1-6,11,13-14H,7-10,12H2. The Labute approximate surface area is 156 Å². The highest BCUT2D eigenvalue weighted by Gasteiger charge is 2.27. The molecule has 1 saturated heterocycles. The van der Waals surface area contributed by atoms with Gasteiger partial charge in [-0.05, 0) is 11.6 Å². The lowest BCUT2D eigenvalue weighted by Crippen LogP contribution is -2.50. The first-order valence-electron chi connectivity index (χ1n) is 8.75. The van der Waals surface area contributed by atoms with E-state index in [1.165, 1.54) is 12.5 Å². The Hall–Kier alpha value is -3.42. The molecule has 4 rings (SSSR count). The van der Waals surface area contributed by atoms with Crippen LogP contribution in [0.3, 0.4) is 0 Å². The molecule has 1 fully saturated rings. The second-order valence-electron chi connectivity index (χ2n) is 6.38. The molecular weight excluding hydrogens is 346 g/mol. The van der Waals surface area contributed by atoms with Gasteiger partial charge in [0, 0.05) is 26.2 Å². The van der Waals surface area contributed by atoms with Crippen LogP contribution in [0.5, 0.6) is 0 Å². The minimum Gasteiger partial charge on any atom is -0.472 e. The smallest absolute Gasteiger partial charge is 0.276 e. The van der Waals surface area contributed by atoms with Crippen LogP contribution in [0.2, 0.25) is 0 Å². The number of carbonyl (C=O) groups is 2. The van der Waals surface area contributed by atoms with E-state index in [-0.39, 0.29) is 11.8 Å². The third-order valence-corrected chi connectivity index (χ3v) is 4.57. The van der Waals surface area contributed by atoms with Crippen molar-refractivity contribution in [1.82, 2.24) is 24.8 Å². The fraction of sp³-hybridized carbons (Fsp3) is 0.263. The van der Waals surface area contributed by atoms with Crippen LogP contribution < -0.4 is 0 Å². The predicted octanol–water partition coefficient (Wildman–Crippen LogP) is 1.52. The van der Waals surface area contributed by atoms with Gasteiger partial charge in [-0.3, -0.25) is 9.59 Å². The van der Waals surface area contributed by atoms with Gasteiger partial charge in [0.05, 0.1) is 24.6 Å². The number of piperazine rings is 1. The van der Waals surface area contributed by atoms with Gasteiger partial charge in [0.25, 0.3) is 11.8 Å². The number of amides is 2. The topological polar surface area (TPSA) is 84.5 Å². The van der Waals surface area contributed by atoms with Gasteiger partial charge in [-0.25, -0.2) is 4.68 Å². The zero-order chi connectivity index (χ0) is 18.6. The molecule has 3 heterocycles. The van der Waals surface area contributed by atoms with Gasteiger partial charge in [-0.2, -0.15) is 0 Å². The molecule has 0 unspecified atom stereocenters. The van der Waals surface area contributed by atoms with Crippen molar-refractivity contribution in [2.24, 2.45) is 0 Å². The molecule has 0 aliphatic carbocycles. The van der Waals surface area contributed by atoms with E-state index >= 15 is 0 Å². The van der Waals surface area contributed by atoms with Gasteiger partial charge in [0.15, 0.2) is 5.69 Å². The number of hydrogen-bond acceptors (Lipinski definition) is 5. The van der Waals surface area contributed by atoms with Crippen molar-refractivity contribution in [3.05, 3.63) is 71.9 Å². The normalized spacial score (nSPS) is 14.4. The number of nitrogens with zero attached hydrogens (tertiary/aromatic N) is 5. The van der Waals surface area contributed by atoms with Crippen molar-refractivity contribution < 1.29 is 14.0 Å². The van der Waals surface area contributed by atoms with Crippen molar-refractivity contribution in [2.45, 2.75) is 6.54 Å². The van der Waals surface area contributed by atoms with Gasteiger partial charge < -0.3 is 14.2 Å². The van der Waals surface area contributed by atoms with Crippen LogP contribution in [0.25, 0.3) is 0 Å². The van der Waals surface area contributed by atoms with Crippen molar-refractivity contribution in [3.8, 4) is 0 Å². The van der Waals surface area contributed by atoms with E-state index in [1.807, 2.05) is 30.3 Å². The summed E-state index contributed by atoms with van der Waals surface area (Å²) in [6.07, 6.45) is 4.58. The number of benzene rings is 1. The third kappa shape index (κ3) is 3.74. The molecule has 0 saturated carbocycles. The second kappa shape index (κ2) is 7.45. The van der Waals surface area contributed by atoms with Crippen LogP contribution in [-0.4, -0.2) is 62.8 Å². The van der Waals surface area contributed by atoms with E-state index in [0.717, 1.165) is 5.56 Å². The van der Waals surface area contributed by atoms with Crippen LogP contribution in [0.1, 0.15) is 26.4 Å². The minimum atomic E-state index is -0.162.